The highest BCUT2D eigenvalue weighted by molar-refractivity contribution is 6.33. The van der Waals surface area contributed by atoms with Gasteiger partial charge in [-0.1, -0.05) is 23.2 Å². The zero-order chi connectivity index (χ0) is 14.0. The third kappa shape index (κ3) is 3.04. The van der Waals surface area contributed by atoms with Gasteiger partial charge in [-0.2, -0.15) is 0 Å². The van der Waals surface area contributed by atoms with Crippen molar-refractivity contribution < 1.29 is 9.90 Å². The summed E-state index contributed by atoms with van der Waals surface area (Å²) in [6.45, 7) is 3.07. The van der Waals surface area contributed by atoms with Crippen LogP contribution in [-0.2, 0) is 11.3 Å². The van der Waals surface area contributed by atoms with Crippen molar-refractivity contribution in [1.29, 1.82) is 0 Å². The van der Waals surface area contributed by atoms with Gasteiger partial charge in [-0.3, -0.25) is 9.69 Å². The Balaban J connectivity index is 2.25. The first-order chi connectivity index (χ1) is 8.93. The molecule has 1 unspecified atom stereocenters. The molecule has 1 fully saturated rings. The van der Waals surface area contributed by atoms with Crippen LogP contribution >= 0.6 is 23.2 Å². The van der Waals surface area contributed by atoms with Gasteiger partial charge in [0.25, 0.3) is 0 Å². The molecular formula is C14H17Cl2NO2. The maximum Gasteiger partial charge on any atom is 0.323 e. The van der Waals surface area contributed by atoms with E-state index >= 15 is 0 Å². The van der Waals surface area contributed by atoms with E-state index in [0.717, 1.165) is 24.9 Å². The lowest BCUT2D eigenvalue weighted by Gasteiger charge is -2.41. The standard InChI is InChI=1S/C14H17Cl2NO2/c1-14(13(18)19)6-2-3-7-17(14)9-10-8-11(15)4-5-12(10)16/h4-5,8H,2-3,6-7,9H2,1H3,(H,18,19). The van der Waals surface area contributed by atoms with Crippen LogP contribution in [0, 0.1) is 0 Å². The first kappa shape index (κ1) is 14.6. The van der Waals surface area contributed by atoms with Gasteiger partial charge in [0.1, 0.15) is 5.54 Å². The lowest BCUT2D eigenvalue weighted by Crippen LogP contribution is -2.54. The lowest BCUT2D eigenvalue weighted by molar-refractivity contribution is -0.153. The zero-order valence-electron chi connectivity index (χ0n) is 10.8. The molecule has 104 valence electrons. The van der Waals surface area contributed by atoms with Crippen LogP contribution in [-0.4, -0.2) is 28.1 Å². The Morgan fingerprint density at radius 3 is 2.84 bits per heavy atom. The van der Waals surface area contributed by atoms with E-state index in [2.05, 4.69) is 0 Å². The Morgan fingerprint density at radius 2 is 2.16 bits per heavy atom. The van der Waals surface area contributed by atoms with E-state index in [1.165, 1.54) is 0 Å². The van der Waals surface area contributed by atoms with Gasteiger partial charge in [-0.15, -0.1) is 0 Å². The molecule has 3 nitrogen and oxygen atoms in total. The first-order valence-electron chi connectivity index (χ1n) is 6.36. The minimum Gasteiger partial charge on any atom is -0.480 e. The summed E-state index contributed by atoms with van der Waals surface area (Å²) in [5.41, 5.74) is 0.0627. The lowest BCUT2D eigenvalue weighted by atomic mass is 9.88. The fourth-order valence-corrected chi connectivity index (χ4v) is 2.91. The van der Waals surface area contributed by atoms with Crippen molar-refractivity contribution in [2.24, 2.45) is 0 Å². The number of carbonyl (C=O) groups is 1. The van der Waals surface area contributed by atoms with Gasteiger partial charge in [0.2, 0.25) is 0 Å². The summed E-state index contributed by atoms with van der Waals surface area (Å²) in [7, 11) is 0. The molecule has 0 radical (unpaired) electrons. The molecular weight excluding hydrogens is 285 g/mol. The average Bonchev–Trinajstić information content (AvgIpc) is 2.36. The largest absolute Gasteiger partial charge is 0.480 e. The zero-order valence-corrected chi connectivity index (χ0v) is 12.3. The smallest absolute Gasteiger partial charge is 0.323 e. The number of halogens is 2. The van der Waals surface area contributed by atoms with Crippen molar-refractivity contribution in [3.05, 3.63) is 33.8 Å². The quantitative estimate of drug-likeness (QED) is 0.922. The number of likely N-dealkylation sites (tertiary alicyclic amines) is 1. The van der Waals surface area contributed by atoms with Crippen LogP contribution < -0.4 is 0 Å². The monoisotopic (exact) mass is 301 g/mol. The van der Waals surface area contributed by atoms with Crippen LogP contribution in [0.3, 0.4) is 0 Å². The summed E-state index contributed by atoms with van der Waals surface area (Å²) in [6.07, 6.45) is 2.63. The molecule has 1 aromatic rings. The van der Waals surface area contributed by atoms with Crippen molar-refractivity contribution in [3.8, 4) is 0 Å². The molecule has 19 heavy (non-hydrogen) atoms. The van der Waals surface area contributed by atoms with Crippen molar-refractivity contribution >= 4 is 29.2 Å². The van der Waals surface area contributed by atoms with Gasteiger partial charge in [0.15, 0.2) is 0 Å². The van der Waals surface area contributed by atoms with Gasteiger partial charge in [0.05, 0.1) is 0 Å². The molecule has 1 saturated heterocycles. The summed E-state index contributed by atoms with van der Waals surface area (Å²) >= 11 is 12.1. The van der Waals surface area contributed by atoms with Gasteiger partial charge in [0, 0.05) is 16.6 Å². The molecule has 1 aliphatic heterocycles. The SMILES string of the molecule is CC1(C(=O)O)CCCCN1Cc1cc(Cl)ccc1Cl. The Hall–Kier alpha value is -0.770. The highest BCUT2D eigenvalue weighted by Crippen LogP contribution is 2.31. The van der Waals surface area contributed by atoms with Crippen molar-refractivity contribution in [2.75, 3.05) is 6.54 Å². The Morgan fingerprint density at radius 1 is 1.42 bits per heavy atom. The molecule has 1 N–H and O–H groups in total. The molecule has 2 rings (SSSR count). The van der Waals surface area contributed by atoms with Gasteiger partial charge in [-0.05, 0) is 56.5 Å². The second-order valence-electron chi connectivity index (χ2n) is 5.19. The molecule has 5 heteroatoms. The third-order valence-corrected chi connectivity index (χ3v) is 4.47. The highest BCUT2D eigenvalue weighted by atomic mass is 35.5. The van der Waals surface area contributed by atoms with E-state index in [1.54, 1.807) is 25.1 Å². The number of hydrogen-bond acceptors (Lipinski definition) is 2. The van der Waals surface area contributed by atoms with Crippen LogP contribution in [0.5, 0.6) is 0 Å². The minimum atomic E-state index is -0.816. The summed E-state index contributed by atoms with van der Waals surface area (Å²) in [4.78, 5) is 13.5. The van der Waals surface area contributed by atoms with Crippen LogP contribution in [0.25, 0.3) is 0 Å². The second kappa shape index (κ2) is 5.70. The van der Waals surface area contributed by atoms with Gasteiger partial charge in [-0.25, -0.2) is 0 Å². The second-order valence-corrected chi connectivity index (χ2v) is 6.04. The highest BCUT2D eigenvalue weighted by Gasteiger charge is 2.41. The molecule has 0 spiro atoms. The Bertz CT molecular complexity index is 492. The van der Waals surface area contributed by atoms with E-state index in [1.807, 2.05) is 4.90 Å². The molecule has 1 atom stereocenters. The fourth-order valence-electron chi connectivity index (χ4n) is 2.54. The number of benzene rings is 1. The Kier molecular flexibility index (Phi) is 4.39. The molecule has 0 saturated carbocycles. The number of piperidine rings is 1. The molecule has 0 amide bonds. The van der Waals surface area contributed by atoms with E-state index in [4.69, 9.17) is 23.2 Å². The van der Waals surface area contributed by atoms with Crippen molar-refractivity contribution in [2.45, 2.75) is 38.3 Å². The molecule has 1 aliphatic rings. The fraction of sp³-hybridized carbons (Fsp3) is 0.500. The van der Waals surface area contributed by atoms with E-state index in [0.29, 0.717) is 23.0 Å². The van der Waals surface area contributed by atoms with Crippen LogP contribution in [0.1, 0.15) is 31.7 Å². The van der Waals surface area contributed by atoms with Crippen LogP contribution in [0.2, 0.25) is 10.0 Å². The van der Waals surface area contributed by atoms with E-state index in [9.17, 15) is 9.90 Å². The minimum absolute atomic E-state index is 0.516. The third-order valence-electron chi connectivity index (χ3n) is 3.87. The maximum absolute atomic E-state index is 11.5. The number of carboxylic acid groups (broad SMARTS) is 1. The first-order valence-corrected chi connectivity index (χ1v) is 7.11. The van der Waals surface area contributed by atoms with Gasteiger partial charge < -0.3 is 5.11 Å². The molecule has 1 heterocycles. The number of carboxylic acids is 1. The number of nitrogens with zero attached hydrogens (tertiary/aromatic N) is 1. The van der Waals surface area contributed by atoms with Crippen molar-refractivity contribution in [3.63, 3.8) is 0 Å². The molecule has 1 aromatic carbocycles. The molecule has 0 aliphatic carbocycles. The van der Waals surface area contributed by atoms with E-state index in [-0.39, 0.29) is 0 Å². The molecule has 0 bridgehead atoms. The normalized spacial score (nSPS) is 24.4. The number of rotatable bonds is 3. The summed E-state index contributed by atoms with van der Waals surface area (Å²) in [5, 5.41) is 10.7. The number of aliphatic carboxylic acids is 1. The summed E-state index contributed by atoms with van der Waals surface area (Å²) < 4.78 is 0. The van der Waals surface area contributed by atoms with Crippen LogP contribution in [0.15, 0.2) is 18.2 Å². The Labute approximate surface area is 123 Å². The number of hydrogen-bond donors (Lipinski definition) is 1. The molecule has 0 aromatic heterocycles. The van der Waals surface area contributed by atoms with Crippen molar-refractivity contribution in [1.82, 2.24) is 4.90 Å². The van der Waals surface area contributed by atoms with Gasteiger partial charge >= 0.3 is 5.97 Å². The summed E-state index contributed by atoms with van der Waals surface area (Å²) in [5.74, 6) is -0.773. The predicted molar refractivity (Wildman–Crippen MR) is 76.8 cm³/mol. The maximum atomic E-state index is 11.5. The summed E-state index contributed by atoms with van der Waals surface area (Å²) in [6, 6.07) is 5.29. The van der Waals surface area contributed by atoms with E-state index < -0.39 is 11.5 Å². The topological polar surface area (TPSA) is 40.5 Å². The average molecular weight is 302 g/mol. The predicted octanol–water partition coefficient (Wildman–Crippen LogP) is 3.82. The van der Waals surface area contributed by atoms with Crippen LogP contribution in [0.4, 0.5) is 0 Å².